The standard InChI is InChI=1S/C14H14N4O2/c1-20-9-10-2-4-11(5-3-10)14(19)17-13(8-15)12-6-7-16-18-12/h2-7,13H,9H2,1H3,(H,16,18)(H,17,19). The molecule has 102 valence electrons. The molecule has 0 fully saturated rings. The summed E-state index contributed by atoms with van der Waals surface area (Å²) in [6.07, 6.45) is 1.53. The van der Waals surface area contributed by atoms with Crippen LogP contribution in [0.15, 0.2) is 36.5 Å². The summed E-state index contributed by atoms with van der Waals surface area (Å²) >= 11 is 0. The number of nitrogens with zero attached hydrogens (tertiary/aromatic N) is 2. The van der Waals surface area contributed by atoms with Crippen molar-refractivity contribution in [1.82, 2.24) is 15.5 Å². The number of aromatic amines is 1. The highest BCUT2D eigenvalue weighted by molar-refractivity contribution is 5.94. The molecule has 2 N–H and O–H groups in total. The van der Waals surface area contributed by atoms with Gasteiger partial charge in [-0.3, -0.25) is 9.89 Å². The number of methoxy groups -OCH3 is 1. The zero-order chi connectivity index (χ0) is 14.4. The number of nitriles is 1. The largest absolute Gasteiger partial charge is 0.380 e. The second-order valence-corrected chi connectivity index (χ2v) is 4.18. The molecular weight excluding hydrogens is 256 g/mol. The molecule has 1 aromatic carbocycles. The zero-order valence-electron chi connectivity index (χ0n) is 11.0. The van der Waals surface area contributed by atoms with Crippen LogP contribution in [0.1, 0.15) is 27.7 Å². The molecule has 1 aromatic heterocycles. The van der Waals surface area contributed by atoms with Gasteiger partial charge in [0.2, 0.25) is 0 Å². The zero-order valence-corrected chi connectivity index (χ0v) is 11.0. The van der Waals surface area contributed by atoms with Crippen molar-refractivity contribution in [2.75, 3.05) is 7.11 Å². The van der Waals surface area contributed by atoms with Gasteiger partial charge in [0.15, 0.2) is 6.04 Å². The number of rotatable bonds is 5. The van der Waals surface area contributed by atoms with Crippen molar-refractivity contribution >= 4 is 5.91 Å². The summed E-state index contributed by atoms with van der Waals surface area (Å²) in [4.78, 5) is 12.1. The van der Waals surface area contributed by atoms with Crippen LogP contribution in [0.3, 0.4) is 0 Å². The second kappa shape index (κ2) is 6.50. The van der Waals surface area contributed by atoms with Crippen molar-refractivity contribution in [1.29, 1.82) is 5.26 Å². The predicted octanol–water partition coefficient (Wildman–Crippen LogP) is 1.55. The fraction of sp³-hybridized carbons (Fsp3) is 0.214. The lowest BCUT2D eigenvalue weighted by atomic mass is 10.1. The third-order valence-electron chi connectivity index (χ3n) is 2.76. The van der Waals surface area contributed by atoms with Crippen LogP contribution < -0.4 is 5.32 Å². The lowest BCUT2D eigenvalue weighted by Gasteiger charge is -2.10. The third-order valence-corrected chi connectivity index (χ3v) is 2.76. The molecule has 0 saturated carbocycles. The first-order chi connectivity index (χ1) is 9.74. The molecule has 0 saturated heterocycles. The van der Waals surface area contributed by atoms with E-state index in [0.29, 0.717) is 17.9 Å². The van der Waals surface area contributed by atoms with E-state index in [2.05, 4.69) is 15.5 Å². The minimum Gasteiger partial charge on any atom is -0.380 e. The molecule has 6 nitrogen and oxygen atoms in total. The van der Waals surface area contributed by atoms with Gasteiger partial charge in [-0.1, -0.05) is 12.1 Å². The molecular formula is C14H14N4O2. The summed E-state index contributed by atoms with van der Waals surface area (Å²) in [5.41, 5.74) is 2.02. The Morgan fingerprint density at radius 2 is 2.20 bits per heavy atom. The van der Waals surface area contributed by atoms with Crippen molar-refractivity contribution in [2.45, 2.75) is 12.6 Å². The van der Waals surface area contributed by atoms with Crippen molar-refractivity contribution in [3.05, 3.63) is 53.3 Å². The van der Waals surface area contributed by atoms with Crippen LogP contribution >= 0.6 is 0 Å². The van der Waals surface area contributed by atoms with E-state index in [0.717, 1.165) is 5.56 Å². The van der Waals surface area contributed by atoms with Gasteiger partial charge in [0.05, 0.1) is 18.4 Å². The Morgan fingerprint density at radius 1 is 1.45 bits per heavy atom. The average Bonchev–Trinajstić information content (AvgIpc) is 2.99. The lowest BCUT2D eigenvalue weighted by molar-refractivity contribution is 0.0944. The van der Waals surface area contributed by atoms with Crippen LogP contribution in [-0.2, 0) is 11.3 Å². The number of benzene rings is 1. The number of ether oxygens (including phenoxy) is 1. The fourth-order valence-electron chi connectivity index (χ4n) is 1.74. The van der Waals surface area contributed by atoms with E-state index in [1.165, 1.54) is 6.20 Å². The van der Waals surface area contributed by atoms with Gasteiger partial charge in [-0.25, -0.2) is 0 Å². The summed E-state index contributed by atoms with van der Waals surface area (Å²) in [6.45, 7) is 0.497. The number of hydrogen-bond acceptors (Lipinski definition) is 4. The van der Waals surface area contributed by atoms with Crippen LogP contribution in [0.4, 0.5) is 0 Å². The van der Waals surface area contributed by atoms with Gasteiger partial charge in [0.1, 0.15) is 0 Å². The van der Waals surface area contributed by atoms with E-state index in [1.807, 2.05) is 18.2 Å². The smallest absolute Gasteiger partial charge is 0.252 e. The maximum absolute atomic E-state index is 12.1. The van der Waals surface area contributed by atoms with Crippen LogP contribution in [-0.4, -0.2) is 23.2 Å². The Balaban J connectivity index is 2.06. The summed E-state index contributed by atoms with van der Waals surface area (Å²) in [5, 5.41) is 18.1. The van der Waals surface area contributed by atoms with Crippen LogP contribution in [0.25, 0.3) is 0 Å². The second-order valence-electron chi connectivity index (χ2n) is 4.18. The van der Waals surface area contributed by atoms with Crippen molar-refractivity contribution < 1.29 is 9.53 Å². The number of H-pyrrole nitrogens is 1. The SMILES string of the molecule is COCc1ccc(C(=O)NC(C#N)c2ccn[nH]2)cc1. The highest BCUT2D eigenvalue weighted by Gasteiger charge is 2.16. The minimum absolute atomic E-state index is 0.310. The molecule has 2 rings (SSSR count). The Labute approximate surface area is 116 Å². The number of carbonyl (C=O) groups excluding carboxylic acids is 1. The van der Waals surface area contributed by atoms with Gasteiger partial charge in [0.25, 0.3) is 5.91 Å². The van der Waals surface area contributed by atoms with Crippen LogP contribution in [0, 0.1) is 11.3 Å². The van der Waals surface area contributed by atoms with E-state index in [-0.39, 0.29) is 5.91 Å². The number of hydrogen-bond donors (Lipinski definition) is 2. The average molecular weight is 270 g/mol. The quantitative estimate of drug-likeness (QED) is 0.862. The first-order valence-electron chi connectivity index (χ1n) is 6.02. The molecule has 0 spiro atoms. The molecule has 0 aliphatic rings. The molecule has 0 bridgehead atoms. The molecule has 0 aliphatic carbocycles. The van der Waals surface area contributed by atoms with Crippen LogP contribution in [0.5, 0.6) is 0 Å². The molecule has 1 atom stereocenters. The first kappa shape index (κ1) is 13.8. The highest BCUT2D eigenvalue weighted by Crippen LogP contribution is 2.10. The predicted molar refractivity (Wildman–Crippen MR) is 71.6 cm³/mol. The minimum atomic E-state index is -0.747. The van der Waals surface area contributed by atoms with Gasteiger partial charge in [-0.2, -0.15) is 10.4 Å². The normalized spacial score (nSPS) is 11.6. The van der Waals surface area contributed by atoms with Crippen molar-refractivity contribution in [3.63, 3.8) is 0 Å². The Bertz CT molecular complexity index is 599. The topological polar surface area (TPSA) is 90.8 Å². The lowest BCUT2D eigenvalue weighted by Crippen LogP contribution is -2.27. The first-order valence-corrected chi connectivity index (χ1v) is 6.02. The van der Waals surface area contributed by atoms with Crippen molar-refractivity contribution in [2.24, 2.45) is 0 Å². The van der Waals surface area contributed by atoms with E-state index in [9.17, 15) is 4.79 Å². The molecule has 20 heavy (non-hydrogen) atoms. The Morgan fingerprint density at radius 3 is 2.75 bits per heavy atom. The molecule has 2 aromatic rings. The molecule has 6 heteroatoms. The number of nitrogens with one attached hydrogen (secondary N) is 2. The van der Waals surface area contributed by atoms with E-state index in [4.69, 9.17) is 10.00 Å². The number of amides is 1. The van der Waals surface area contributed by atoms with Gasteiger partial charge in [-0.05, 0) is 23.8 Å². The van der Waals surface area contributed by atoms with E-state index >= 15 is 0 Å². The van der Waals surface area contributed by atoms with E-state index in [1.54, 1.807) is 25.3 Å². The number of aromatic nitrogens is 2. The van der Waals surface area contributed by atoms with E-state index < -0.39 is 6.04 Å². The van der Waals surface area contributed by atoms with Gasteiger partial charge < -0.3 is 10.1 Å². The van der Waals surface area contributed by atoms with Gasteiger partial charge in [-0.15, -0.1) is 0 Å². The molecule has 1 amide bonds. The monoisotopic (exact) mass is 270 g/mol. The van der Waals surface area contributed by atoms with Crippen LogP contribution in [0.2, 0.25) is 0 Å². The maximum Gasteiger partial charge on any atom is 0.252 e. The van der Waals surface area contributed by atoms with Gasteiger partial charge in [0, 0.05) is 18.9 Å². The highest BCUT2D eigenvalue weighted by atomic mass is 16.5. The summed E-state index contributed by atoms with van der Waals surface area (Å²) < 4.78 is 5.00. The Kier molecular flexibility index (Phi) is 4.47. The summed E-state index contributed by atoms with van der Waals surface area (Å²) in [5.74, 6) is -0.310. The van der Waals surface area contributed by atoms with Gasteiger partial charge >= 0.3 is 0 Å². The molecule has 0 radical (unpaired) electrons. The van der Waals surface area contributed by atoms with Crippen molar-refractivity contribution in [3.8, 4) is 6.07 Å². The molecule has 1 heterocycles. The summed E-state index contributed by atoms with van der Waals surface area (Å²) in [6, 6.07) is 9.95. The number of carbonyl (C=O) groups is 1. The molecule has 0 aliphatic heterocycles. The molecule has 1 unspecified atom stereocenters. The fourth-order valence-corrected chi connectivity index (χ4v) is 1.74. The third kappa shape index (κ3) is 3.22. The Hall–Kier alpha value is -2.65. The summed E-state index contributed by atoms with van der Waals surface area (Å²) in [7, 11) is 1.61. The maximum atomic E-state index is 12.1.